The molecule has 1 aromatic carbocycles. The zero-order valence-corrected chi connectivity index (χ0v) is 8.61. The summed E-state index contributed by atoms with van der Waals surface area (Å²) in [6.45, 7) is 0.908. The fourth-order valence-corrected chi connectivity index (χ4v) is 1.78. The molecule has 1 saturated heterocycles. The molecule has 0 bridgehead atoms. The average Bonchev–Trinajstić information content (AvgIpc) is 2.86. The summed E-state index contributed by atoms with van der Waals surface area (Å²) in [7, 11) is 0. The standard InChI is InChI=1S/C10H10Cl2O/c11-8-3-1-7(10(12)5-8)2-4-9-6-13-9/h1,3,5,9H,2,4,6H2. The molecule has 2 rings (SSSR count). The van der Waals surface area contributed by atoms with E-state index in [1.165, 1.54) is 0 Å². The van der Waals surface area contributed by atoms with Gasteiger partial charge in [-0.2, -0.15) is 0 Å². The fourth-order valence-electron chi connectivity index (χ4n) is 1.28. The molecule has 1 aliphatic heterocycles. The van der Waals surface area contributed by atoms with Crippen molar-refractivity contribution in [2.45, 2.75) is 18.9 Å². The fraction of sp³-hybridized carbons (Fsp3) is 0.400. The minimum atomic E-state index is 0.465. The smallest absolute Gasteiger partial charge is 0.0813 e. The van der Waals surface area contributed by atoms with Gasteiger partial charge in [-0.05, 0) is 30.5 Å². The summed E-state index contributed by atoms with van der Waals surface area (Å²) in [5.41, 5.74) is 1.15. The van der Waals surface area contributed by atoms with Gasteiger partial charge < -0.3 is 4.74 Å². The molecule has 1 heterocycles. The van der Waals surface area contributed by atoms with Crippen LogP contribution in [0, 0.1) is 0 Å². The summed E-state index contributed by atoms with van der Waals surface area (Å²) in [5.74, 6) is 0. The molecule has 0 amide bonds. The van der Waals surface area contributed by atoms with Crippen LogP contribution in [0.5, 0.6) is 0 Å². The van der Waals surface area contributed by atoms with Gasteiger partial charge >= 0.3 is 0 Å². The topological polar surface area (TPSA) is 12.5 Å². The second-order valence-electron chi connectivity index (χ2n) is 3.23. The molecule has 1 nitrogen and oxygen atoms in total. The summed E-state index contributed by atoms with van der Waals surface area (Å²) in [4.78, 5) is 0. The Labute approximate surface area is 87.6 Å². The number of epoxide rings is 1. The van der Waals surface area contributed by atoms with Crippen molar-refractivity contribution < 1.29 is 4.74 Å². The van der Waals surface area contributed by atoms with E-state index < -0.39 is 0 Å². The zero-order chi connectivity index (χ0) is 9.26. The van der Waals surface area contributed by atoms with Crippen molar-refractivity contribution >= 4 is 23.2 Å². The number of hydrogen-bond acceptors (Lipinski definition) is 1. The lowest BCUT2D eigenvalue weighted by molar-refractivity contribution is 0.397. The van der Waals surface area contributed by atoms with E-state index in [4.69, 9.17) is 27.9 Å². The van der Waals surface area contributed by atoms with E-state index in [1.54, 1.807) is 6.07 Å². The molecule has 0 aliphatic carbocycles. The van der Waals surface area contributed by atoms with Crippen LogP contribution in [0.1, 0.15) is 12.0 Å². The van der Waals surface area contributed by atoms with Crippen LogP contribution in [-0.2, 0) is 11.2 Å². The van der Waals surface area contributed by atoms with Crippen LogP contribution in [0.15, 0.2) is 18.2 Å². The Morgan fingerprint density at radius 1 is 1.38 bits per heavy atom. The Morgan fingerprint density at radius 3 is 2.77 bits per heavy atom. The monoisotopic (exact) mass is 216 g/mol. The van der Waals surface area contributed by atoms with E-state index in [-0.39, 0.29) is 0 Å². The van der Waals surface area contributed by atoms with Crippen LogP contribution in [0.3, 0.4) is 0 Å². The third-order valence-corrected chi connectivity index (χ3v) is 2.74. The van der Waals surface area contributed by atoms with Crippen molar-refractivity contribution in [3.05, 3.63) is 33.8 Å². The molecule has 1 fully saturated rings. The van der Waals surface area contributed by atoms with Gasteiger partial charge in [-0.15, -0.1) is 0 Å². The van der Waals surface area contributed by atoms with Gasteiger partial charge in [0.2, 0.25) is 0 Å². The minimum absolute atomic E-state index is 0.465. The SMILES string of the molecule is Clc1ccc(CCC2CO2)c(Cl)c1. The first-order chi connectivity index (χ1) is 6.25. The predicted molar refractivity (Wildman–Crippen MR) is 54.5 cm³/mol. The molecule has 0 spiro atoms. The highest BCUT2D eigenvalue weighted by Crippen LogP contribution is 2.24. The van der Waals surface area contributed by atoms with Crippen molar-refractivity contribution in [2.24, 2.45) is 0 Å². The quantitative estimate of drug-likeness (QED) is 0.707. The van der Waals surface area contributed by atoms with E-state index >= 15 is 0 Å². The molecular formula is C10H10Cl2O. The van der Waals surface area contributed by atoms with E-state index in [0.717, 1.165) is 30.0 Å². The molecule has 1 atom stereocenters. The van der Waals surface area contributed by atoms with Crippen LogP contribution in [-0.4, -0.2) is 12.7 Å². The normalized spacial score (nSPS) is 20.3. The first-order valence-corrected chi connectivity index (χ1v) is 5.07. The van der Waals surface area contributed by atoms with Gasteiger partial charge in [0.05, 0.1) is 12.7 Å². The van der Waals surface area contributed by atoms with Crippen molar-refractivity contribution in [3.8, 4) is 0 Å². The van der Waals surface area contributed by atoms with E-state index in [1.807, 2.05) is 12.1 Å². The van der Waals surface area contributed by atoms with Gasteiger partial charge in [-0.1, -0.05) is 29.3 Å². The molecule has 1 aliphatic rings. The molecule has 70 valence electrons. The second kappa shape index (κ2) is 3.87. The van der Waals surface area contributed by atoms with E-state index in [9.17, 15) is 0 Å². The average molecular weight is 217 g/mol. The number of rotatable bonds is 3. The van der Waals surface area contributed by atoms with Crippen LogP contribution >= 0.6 is 23.2 Å². The summed E-state index contributed by atoms with van der Waals surface area (Å²) in [6, 6.07) is 5.63. The largest absolute Gasteiger partial charge is 0.373 e. The molecule has 0 radical (unpaired) electrons. The Balaban J connectivity index is 2.01. The maximum absolute atomic E-state index is 6.01. The molecule has 13 heavy (non-hydrogen) atoms. The third-order valence-electron chi connectivity index (χ3n) is 2.15. The molecule has 3 heteroatoms. The van der Waals surface area contributed by atoms with Crippen LogP contribution in [0.25, 0.3) is 0 Å². The van der Waals surface area contributed by atoms with Crippen molar-refractivity contribution in [1.29, 1.82) is 0 Å². The summed E-state index contributed by atoms with van der Waals surface area (Å²) < 4.78 is 5.12. The molecule has 0 saturated carbocycles. The minimum Gasteiger partial charge on any atom is -0.373 e. The molecular weight excluding hydrogens is 207 g/mol. The van der Waals surface area contributed by atoms with Gasteiger partial charge in [0.25, 0.3) is 0 Å². The van der Waals surface area contributed by atoms with Gasteiger partial charge in [0, 0.05) is 10.0 Å². The van der Waals surface area contributed by atoms with Gasteiger partial charge in [0.15, 0.2) is 0 Å². The highest BCUT2D eigenvalue weighted by atomic mass is 35.5. The molecule has 1 unspecified atom stereocenters. The Hall–Kier alpha value is -0.240. The molecule has 0 aromatic heterocycles. The number of benzene rings is 1. The van der Waals surface area contributed by atoms with Crippen molar-refractivity contribution in [2.75, 3.05) is 6.61 Å². The lowest BCUT2D eigenvalue weighted by Crippen LogP contribution is -1.91. The summed E-state index contributed by atoms with van der Waals surface area (Å²) >= 11 is 11.8. The van der Waals surface area contributed by atoms with E-state index in [0.29, 0.717) is 11.1 Å². The maximum atomic E-state index is 6.01. The highest BCUT2D eigenvalue weighted by molar-refractivity contribution is 6.35. The van der Waals surface area contributed by atoms with E-state index in [2.05, 4.69) is 0 Å². The summed E-state index contributed by atoms with van der Waals surface area (Å²) in [6.07, 6.45) is 2.49. The molecule has 0 N–H and O–H groups in total. The first-order valence-electron chi connectivity index (χ1n) is 4.31. The number of ether oxygens (including phenoxy) is 1. The van der Waals surface area contributed by atoms with Gasteiger partial charge in [-0.25, -0.2) is 0 Å². The predicted octanol–water partition coefficient (Wildman–Crippen LogP) is 3.32. The maximum Gasteiger partial charge on any atom is 0.0813 e. The lowest BCUT2D eigenvalue weighted by Gasteiger charge is -2.02. The van der Waals surface area contributed by atoms with Gasteiger partial charge in [-0.3, -0.25) is 0 Å². The van der Waals surface area contributed by atoms with Crippen molar-refractivity contribution in [3.63, 3.8) is 0 Å². The molecule has 1 aromatic rings. The number of aryl methyl sites for hydroxylation is 1. The highest BCUT2D eigenvalue weighted by Gasteiger charge is 2.21. The Kier molecular flexibility index (Phi) is 2.77. The van der Waals surface area contributed by atoms with Gasteiger partial charge in [0.1, 0.15) is 0 Å². The second-order valence-corrected chi connectivity index (χ2v) is 4.07. The summed E-state index contributed by atoms with van der Waals surface area (Å²) in [5, 5.41) is 1.45. The van der Waals surface area contributed by atoms with Crippen LogP contribution < -0.4 is 0 Å². The Bertz CT molecular complexity index is 308. The lowest BCUT2D eigenvalue weighted by atomic mass is 10.1. The third kappa shape index (κ3) is 2.60. The van der Waals surface area contributed by atoms with Crippen molar-refractivity contribution in [1.82, 2.24) is 0 Å². The van der Waals surface area contributed by atoms with Crippen LogP contribution in [0.4, 0.5) is 0 Å². The zero-order valence-electron chi connectivity index (χ0n) is 7.09. The Morgan fingerprint density at radius 2 is 2.15 bits per heavy atom. The van der Waals surface area contributed by atoms with Crippen LogP contribution in [0.2, 0.25) is 10.0 Å². The number of hydrogen-bond donors (Lipinski definition) is 0. The number of halogens is 2. The first kappa shape index (κ1) is 9.32.